The average Bonchev–Trinajstić information content (AvgIpc) is 3.10. The molecule has 7 nitrogen and oxygen atoms in total. The number of nitrogens with zero attached hydrogens (tertiary/aromatic N) is 3. The molecule has 1 aromatic heterocycles. The summed E-state index contributed by atoms with van der Waals surface area (Å²) in [6, 6.07) is 11.5. The molecule has 7 heteroatoms. The summed E-state index contributed by atoms with van der Waals surface area (Å²) in [4.78, 5) is 29.3. The van der Waals surface area contributed by atoms with Gasteiger partial charge in [0.2, 0.25) is 0 Å². The number of aromatic nitrogens is 1. The maximum atomic E-state index is 12.4. The van der Waals surface area contributed by atoms with Gasteiger partial charge in [-0.05, 0) is 38.2 Å². The summed E-state index contributed by atoms with van der Waals surface area (Å²) in [7, 11) is 4.12. The van der Waals surface area contributed by atoms with Gasteiger partial charge in [-0.2, -0.15) is 0 Å². The lowest BCUT2D eigenvalue weighted by atomic mass is 10.1. The number of aryl methyl sites for hydroxylation is 2. The Morgan fingerprint density at radius 2 is 1.68 bits per heavy atom. The van der Waals surface area contributed by atoms with Crippen molar-refractivity contribution in [1.29, 1.82) is 0 Å². The highest BCUT2D eigenvalue weighted by molar-refractivity contribution is 6.39. The van der Waals surface area contributed by atoms with Crippen LogP contribution in [-0.2, 0) is 16.6 Å². The van der Waals surface area contributed by atoms with Gasteiger partial charge in [0.25, 0.3) is 0 Å². The van der Waals surface area contributed by atoms with E-state index in [1.54, 1.807) is 12.1 Å². The summed E-state index contributed by atoms with van der Waals surface area (Å²) in [6.07, 6.45) is 2.00. The highest BCUT2D eigenvalue weighted by Crippen LogP contribution is 2.21. The number of benzene rings is 1. The molecule has 3 rings (SSSR count). The first kappa shape index (κ1) is 20.1. The number of amides is 2. The molecule has 2 aromatic rings. The van der Waals surface area contributed by atoms with E-state index in [0.717, 1.165) is 37.4 Å². The lowest BCUT2D eigenvalue weighted by molar-refractivity contribution is -0.136. The second kappa shape index (κ2) is 9.03. The lowest BCUT2D eigenvalue weighted by Crippen LogP contribution is -2.49. The molecule has 2 amide bonds. The van der Waals surface area contributed by atoms with Gasteiger partial charge in [0.15, 0.2) is 0 Å². The first-order chi connectivity index (χ1) is 13.4. The van der Waals surface area contributed by atoms with Crippen LogP contribution in [0, 0.1) is 6.92 Å². The molecule has 1 aliphatic heterocycles. The van der Waals surface area contributed by atoms with Crippen molar-refractivity contribution in [3.05, 3.63) is 53.9 Å². The third-order valence-electron chi connectivity index (χ3n) is 5.28. The van der Waals surface area contributed by atoms with Gasteiger partial charge in [0, 0.05) is 57.3 Å². The summed E-state index contributed by atoms with van der Waals surface area (Å²) in [6.45, 7) is 6.20. The highest BCUT2D eigenvalue weighted by atomic mass is 16.2. The zero-order chi connectivity index (χ0) is 20.1. The fourth-order valence-corrected chi connectivity index (χ4v) is 3.47. The van der Waals surface area contributed by atoms with Crippen LogP contribution in [0.4, 0.5) is 5.69 Å². The molecule has 0 aliphatic carbocycles. The smallest absolute Gasteiger partial charge is 0.313 e. The summed E-state index contributed by atoms with van der Waals surface area (Å²) in [5.74, 6) is -1.26. The van der Waals surface area contributed by atoms with E-state index in [9.17, 15) is 9.59 Å². The van der Waals surface area contributed by atoms with E-state index >= 15 is 0 Å². The molecule has 0 radical (unpaired) electrons. The average molecular weight is 383 g/mol. The summed E-state index contributed by atoms with van der Waals surface area (Å²) in [5.41, 5.74) is 2.84. The summed E-state index contributed by atoms with van der Waals surface area (Å²) < 4.78 is 2.07. The Kier molecular flexibility index (Phi) is 6.49. The molecule has 1 aromatic carbocycles. The van der Waals surface area contributed by atoms with Gasteiger partial charge in [0.05, 0.1) is 6.04 Å². The Balaban J connectivity index is 1.62. The molecule has 1 fully saturated rings. The van der Waals surface area contributed by atoms with Gasteiger partial charge in [-0.3, -0.25) is 14.5 Å². The van der Waals surface area contributed by atoms with Crippen molar-refractivity contribution in [3.63, 3.8) is 0 Å². The second-order valence-electron chi connectivity index (χ2n) is 7.43. The molecule has 1 saturated heterocycles. The number of piperazine rings is 1. The van der Waals surface area contributed by atoms with Crippen LogP contribution in [0.5, 0.6) is 0 Å². The molecule has 0 bridgehead atoms. The summed E-state index contributed by atoms with van der Waals surface area (Å²) in [5, 5.41) is 5.47. The zero-order valence-electron chi connectivity index (χ0n) is 16.8. The third kappa shape index (κ3) is 4.99. The van der Waals surface area contributed by atoms with Crippen LogP contribution < -0.4 is 10.6 Å². The van der Waals surface area contributed by atoms with Crippen LogP contribution >= 0.6 is 0 Å². The minimum Gasteiger partial charge on any atom is -0.353 e. The number of hydrogen-bond donors (Lipinski definition) is 2. The Morgan fingerprint density at radius 3 is 2.29 bits per heavy atom. The predicted octanol–water partition coefficient (Wildman–Crippen LogP) is 1.38. The maximum Gasteiger partial charge on any atom is 0.313 e. The lowest BCUT2D eigenvalue weighted by Gasteiger charge is -2.38. The van der Waals surface area contributed by atoms with E-state index in [0.29, 0.717) is 12.2 Å². The van der Waals surface area contributed by atoms with E-state index in [2.05, 4.69) is 38.1 Å². The SMILES string of the molecule is Cc1ccc(NC(=O)C(=O)NC[C@@H](c2cccn2C)N2CCN(C)CC2)cc1. The van der Waals surface area contributed by atoms with Crippen molar-refractivity contribution in [2.24, 2.45) is 7.05 Å². The number of rotatable bonds is 5. The minimum atomic E-state index is -0.645. The Labute approximate surface area is 166 Å². The molecule has 1 aliphatic rings. The zero-order valence-corrected chi connectivity index (χ0v) is 16.8. The van der Waals surface area contributed by atoms with Crippen LogP contribution in [0.3, 0.4) is 0 Å². The monoisotopic (exact) mass is 383 g/mol. The molecular formula is C21H29N5O2. The molecule has 2 heterocycles. The van der Waals surface area contributed by atoms with Crippen molar-refractivity contribution < 1.29 is 9.59 Å². The molecule has 28 heavy (non-hydrogen) atoms. The number of carbonyl (C=O) groups excluding carboxylic acids is 2. The first-order valence-electron chi connectivity index (χ1n) is 9.63. The van der Waals surface area contributed by atoms with E-state index in [-0.39, 0.29) is 6.04 Å². The van der Waals surface area contributed by atoms with E-state index in [1.807, 2.05) is 38.4 Å². The standard InChI is InChI=1S/C21H29N5O2/c1-16-6-8-17(9-7-16)23-21(28)20(27)22-15-19(18-5-4-10-25(18)3)26-13-11-24(2)12-14-26/h4-10,19H,11-15H2,1-3H3,(H,22,27)(H,23,28)/t19-/m0/s1. The molecule has 2 N–H and O–H groups in total. The van der Waals surface area contributed by atoms with Gasteiger partial charge in [-0.15, -0.1) is 0 Å². The van der Waals surface area contributed by atoms with Gasteiger partial charge < -0.3 is 20.1 Å². The fraction of sp³-hybridized carbons (Fsp3) is 0.429. The Morgan fingerprint density at radius 1 is 1.00 bits per heavy atom. The molecular weight excluding hydrogens is 354 g/mol. The second-order valence-corrected chi connectivity index (χ2v) is 7.43. The van der Waals surface area contributed by atoms with Crippen LogP contribution in [0.2, 0.25) is 0 Å². The topological polar surface area (TPSA) is 69.6 Å². The fourth-order valence-electron chi connectivity index (χ4n) is 3.47. The largest absolute Gasteiger partial charge is 0.353 e. The van der Waals surface area contributed by atoms with E-state index < -0.39 is 11.8 Å². The van der Waals surface area contributed by atoms with Crippen LogP contribution in [0.25, 0.3) is 0 Å². The molecule has 1 atom stereocenters. The minimum absolute atomic E-state index is 0.0322. The molecule has 0 saturated carbocycles. The molecule has 0 unspecified atom stereocenters. The van der Waals surface area contributed by atoms with Crippen molar-refractivity contribution in [2.45, 2.75) is 13.0 Å². The van der Waals surface area contributed by atoms with Crippen molar-refractivity contribution in [2.75, 3.05) is 45.1 Å². The van der Waals surface area contributed by atoms with Gasteiger partial charge in [0.1, 0.15) is 0 Å². The van der Waals surface area contributed by atoms with Crippen molar-refractivity contribution in [1.82, 2.24) is 19.7 Å². The van der Waals surface area contributed by atoms with E-state index in [1.165, 1.54) is 0 Å². The highest BCUT2D eigenvalue weighted by Gasteiger charge is 2.26. The third-order valence-corrected chi connectivity index (χ3v) is 5.28. The first-order valence-corrected chi connectivity index (χ1v) is 9.63. The van der Waals surface area contributed by atoms with Crippen molar-refractivity contribution >= 4 is 17.5 Å². The normalized spacial score (nSPS) is 16.5. The number of likely N-dealkylation sites (N-methyl/N-ethyl adjacent to an activating group) is 1. The number of hydrogen-bond acceptors (Lipinski definition) is 4. The van der Waals surface area contributed by atoms with E-state index in [4.69, 9.17) is 0 Å². The van der Waals surface area contributed by atoms with Gasteiger partial charge in [-0.25, -0.2) is 0 Å². The summed E-state index contributed by atoms with van der Waals surface area (Å²) >= 11 is 0. The Bertz CT molecular complexity index is 806. The van der Waals surface area contributed by atoms with Crippen LogP contribution in [-0.4, -0.2) is 66.0 Å². The van der Waals surface area contributed by atoms with Crippen LogP contribution in [0.15, 0.2) is 42.6 Å². The molecule has 150 valence electrons. The number of anilines is 1. The number of nitrogens with one attached hydrogen (secondary N) is 2. The molecule has 0 spiro atoms. The Hall–Kier alpha value is -2.64. The van der Waals surface area contributed by atoms with Crippen LogP contribution in [0.1, 0.15) is 17.3 Å². The maximum absolute atomic E-state index is 12.4. The quantitative estimate of drug-likeness (QED) is 0.766. The predicted molar refractivity (Wildman–Crippen MR) is 110 cm³/mol. The number of carbonyl (C=O) groups is 2. The van der Waals surface area contributed by atoms with Gasteiger partial charge >= 0.3 is 11.8 Å². The van der Waals surface area contributed by atoms with Gasteiger partial charge in [-0.1, -0.05) is 17.7 Å². The van der Waals surface area contributed by atoms with Crippen molar-refractivity contribution in [3.8, 4) is 0 Å².